The minimum Gasteiger partial charge on any atom is -0.619 e. The van der Waals surface area contributed by atoms with Crippen molar-refractivity contribution < 1.29 is 19.4 Å². The molecular formula is C21H33NO4. The maximum atomic E-state index is 11.9. The SMILES string of the molecule is C=C(C(=O)OCCCCCCCCCCCC)C(O)c1ccc[n+]([O-])c1. The summed E-state index contributed by atoms with van der Waals surface area (Å²) in [5.41, 5.74) is 0.270. The first-order valence-corrected chi connectivity index (χ1v) is 9.79. The standard InChI is InChI=1S/C21H33NO4/c1-3-4-5-6-7-8-9-10-11-12-16-26-21(24)18(2)20(23)19-14-13-15-22(25)17-19/h13-15,17,20,23H,2-12,16H2,1H3. The van der Waals surface area contributed by atoms with Crippen molar-refractivity contribution in [1.82, 2.24) is 0 Å². The van der Waals surface area contributed by atoms with E-state index in [-0.39, 0.29) is 5.57 Å². The molecule has 1 rings (SSSR count). The summed E-state index contributed by atoms with van der Waals surface area (Å²) in [6.45, 7) is 6.15. The Morgan fingerprint density at radius 3 is 2.31 bits per heavy atom. The van der Waals surface area contributed by atoms with Crippen molar-refractivity contribution in [1.29, 1.82) is 0 Å². The van der Waals surface area contributed by atoms with E-state index in [1.807, 2.05) is 0 Å². The molecule has 1 aromatic rings. The molecule has 1 N–H and O–H groups in total. The van der Waals surface area contributed by atoms with Crippen LogP contribution in [0.2, 0.25) is 0 Å². The first kappa shape index (κ1) is 22.2. The lowest BCUT2D eigenvalue weighted by molar-refractivity contribution is -0.606. The summed E-state index contributed by atoms with van der Waals surface area (Å²) in [6.07, 6.45) is 13.4. The number of unbranched alkanes of at least 4 members (excludes halogenated alkanes) is 9. The topological polar surface area (TPSA) is 73.5 Å². The van der Waals surface area contributed by atoms with Crippen molar-refractivity contribution >= 4 is 5.97 Å². The Hall–Kier alpha value is -1.88. The fraction of sp³-hybridized carbons (Fsp3) is 0.619. The third-order valence-electron chi connectivity index (χ3n) is 4.44. The van der Waals surface area contributed by atoms with E-state index in [1.165, 1.54) is 63.4 Å². The van der Waals surface area contributed by atoms with Gasteiger partial charge in [0.2, 0.25) is 0 Å². The predicted molar refractivity (Wildman–Crippen MR) is 102 cm³/mol. The van der Waals surface area contributed by atoms with Gasteiger partial charge in [0.15, 0.2) is 12.4 Å². The van der Waals surface area contributed by atoms with Crippen LogP contribution in [0.15, 0.2) is 36.7 Å². The monoisotopic (exact) mass is 363 g/mol. The van der Waals surface area contributed by atoms with E-state index in [0.717, 1.165) is 19.3 Å². The lowest BCUT2D eigenvalue weighted by Crippen LogP contribution is -2.26. The van der Waals surface area contributed by atoms with E-state index in [9.17, 15) is 15.1 Å². The zero-order chi connectivity index (χ0) is 19.2. The molecule has 0 saturated heterocycles. The van der Waals surface area contributed by atoms with Gasteiger partial charge in [-0.1, -0.05) is 71.3 Å². The van der Waals surface area contributed by atoms with Gasteiger partial charge in [-0.25, -0.2) is 4.79 Å². The smallest absolute Gasteiger partial charge is 0.336 e. The molecule has 5 nitrogen and oxygen atoms in total. The molecule has 0 aliphatic heterocycles. The van der Waals surface area contributed by atoms with E-state index in [1.54, 1.807) is 6.07 Å². The van der Waals surface area contributed by atoms with E-state index in [2.05, 4.69) is 13.5 Å². The first-order chi connectivity index (χ1) is 12.6. The van der Waals surface area contributed by atoms with Crippen molar-refractivity contribution in [2.45, 2.75) is 77.2 Å². The van der Waals surface area contributed by atoms with Crippen molar-refractivity contribution in [3.05, 3.63) is 47.4 Å². The molecule has 1 aromatic heterocycles. The van der Waals surface area contributed by atoms with Gasteiger partial charge in [0, 0.05) is 6.07 Å². The Labute approximate surface area is 157 Å². The molecule has 0 amide bonds. The van der Waals surface area contributed by atoms with Gasteiger partial charge < -0.3 is 15.1 Å². The Morgan fingerprint density at radius 1 is 1.15 bits per heavy atom. The van der Waals surface area contributed by atoms with Gasteiger partial charge >= 0.3 is 5.97 Å². The highest BCUT2D eigenvalue weighted by atomic mass is 16.5. The highest BCUT2D eigenvalue weighted by molar-refractivity contribution is 5.89. The van der Waals surface area contributed by atoms with Gasteiger partial charge in [0.05, 0.1) is 17.7 Å². The van der Waals surface area contributed by atoms with Gasteiger partial charge in [-0.15, -0.1) is 0 Å². The van der Waals surface area contributed by atoms with Gasteiger partial charge in [0.25, 0.3) is 0 Å². The molecule has 0 spiro atoms. The number of pyridine rings is 1. The number of ether oxygens (including phenoxy) is 1. The van der Waals surface area contributed by atoms with Crippen LogP contribution in [0.5, 0.6) is 0 Å². The molecule has 1 atom stereocenters. The lowest BCUT2D eigenvalue weighted by atomic mass is 10.1. The minimum absolute atomic E-state index is 0.0525. The maximum absolute atomic E-state index is 11.9. The number of carbonyl (C=O) groups excluding carboxylic acids is 1. The Balaban J connectivity index is 2.10. The zero-order valence-electron chi connectivity index (χ0n) is 16.0. The van der Waals surface area contributed by atoms with Crippen molar-refractivity contribution in [2.75, 3.05) is 6.61 Å². The number of rotatable bonds is 14. The van der Waals surface area contributed by atoms with Crippen LogP contribution in [-0.2, 0) is 9.53 Å². The molecule has 146 valence electrons. The Morgan fingerprint density at radius 2 is 1.73 bits per heavy atom. The highest BCUT2D eigenvalue weighted by Crippen LogP contribution is 2.20. The van der Waals surface area contributed by atoms with Crippen LogP contribution in [-0.4, -0.2) is 17.7 Å². The van der Waals surface area contributed by atoms with Crippen molar-refractivity contribution in [3.8, 4) is 0 Å². The minimum atomic E-state index is -1.23. The quantitative estimate of drug-likeness (QED) is 0.175. The number of aliphatic hydroxyl groups is 1. The highest BCUT2D eigenvalue weighted by Gasteiger charge is 2.21. The third kappa shape index (κ3) is 8.99. The second-order valence-corrected chi connectivity index (χ2v) is 6.74. The Kier molecular flexibility index (Phi) is 11.4. The summed E-state index contributed by atoms with van der Waals surface area (Å²) >= 11 is 0. The number of hydrogen-bond donors (Lipinski definition) is 1. The summed E-state index contributed by atoms with van der Waals surface area (Å²) in [5, 5.41) is 21.3. The molecule has 0 saturated carbocycles. The fourth-order valence-corrected chi connectivity index (χ4v) is 2.79. The summed E-state index contributed by atoms with van der Waals surface area (Å²) < 4.78 is 5.74. The zero-order valence-corrected chi connectivity index (χ0v) is 16.0. The van der Waals surface area contributed by atoms with Crippen LogP contribution in [0.1, 0.15) is 82.8 Å². The average molecular weight is 363 g/mol. The van der Waals surface area contributed by atoms with Crippen LogP contribution in [0.25, 0.3) is 0 Å². The molecule has 0 bridgehead atoms. The van der Waals surface area contributed by atoms with Crippen LogP contribution in [0.3, 0.4) is 0 Å². The largest absolute Gasteiger partial charge is 0.619 e. The molecule has 1 heterocycles. The predicted octanol–water partition coefficient (Wildman–Crippen LogP) is 4.37. The van der Waals surface area contributed by atoms with E-state index in [0.29, 0.717) is 16.9 Å². The molecule has 0 aliphatic carbocycles. The molecule has 26 heavy (non-hydrogen) atoms. The summed E-state index contributed by atoms with van der Waals surface area (Å²) in [7, 11) is 0. The normalized spacial score (nSPS) is 11.9. The number of nitrogens with zero attached hydrogens (tertiary/aromatic N) is 1. The van der Waals surface area contributed by atoms with E-state index >= 15 is 0 Å². The maximum Gasteiger partial charge on any atom is 0.336 e. The summed E-state index contributed by atoms with van der Waals surface area (Å²) in [5.74, 6) is -0.616. The summed E-state index contributed by atoms with van der Waals surface area (Å²) in [6, 6.07) is 3.08. The van der Waals surface area contributed by atoms with Gasteiger partial charge in [-0.2, -0.15) is 4.73 Å². The van der Waals surface area contributed by atoms with Crippen LogP contribution in [0.4, 0.5) is 0 Å². The molecule has 0 radical (unpaired) electrons. The lowest BCUT2D eigenvalue weighted by Gasteiger charge is -2.13. The van der Waals surface area contributed by atoms with E-state index < -0.39 is 12.1 Å². The molecule has 1 unspecified atom stereocenters. The number of carbonyl (C=O) groups is 1. The number of aliphatic hydroxyl groups excluding tert-OH is 1. The Bertz CT molecular complexity index is 545. The van der Waals surface area contributed by atoms with Gasteiger partial charge in [0.1, 0.15) is 6.10 Å². The molecular weight excluding hydrogens is 330 g/mol. The van der Waals surface area contributed by atoms with Gasteiger partial charge in [-0.3, -0.25) is 0 Å². The first-order valence-electron chi connectivity index (χ1n) is 9.79. The molecule has 0 fully saturated rings. The second kappa shape index (κ2) is 13.3. The van der Waals surface area contributed by atoms with Crippen LogP contribution >= 0.6 is 0 Å². The number of esters is 1. The molecule has 5 heteroatoms. The van der Waals surface area contributed by atoms with Crippen molar-refractivity contribution in [2.24, 2.45) is 0 Å². The number of hydrogen-bond acceptors (Lipinski definition) is 4. The fourth-order valence-electron chi connectivity index (χ4n) is 2.79. The third-order valence-corrected chi connectivity index (χ3v) is 4.44. The average Bonchev–Trinajstić information content (AvgIpc) is 2.64. The van der Waals surface area contributed by atoms with Crippen LogP contribution < -0.4 is 4.73 Å². The van der Waals surface area contributed by atoms with Gasteiger partial charge in [-0.05, 0) is 12.5 Å². The summed E-state index contributed by atoms with van der Waals surface area (Å²) in [4.78, 5) is 11.9. The van der Waals surface area contributed by atoms with E-state index in [4.69, 9.17) is 4.74 Å². The molecule has 0 aliphatic rings. The molecule has 0 aromatic carbocycles. The number of aromatic nitrogens is 1. The second-order valence-electron chi connectivity index (χ2n) is 6.74. The van der Waals surface area contributed by atoms with Crippen molar-refractivity contribution in [3.63, 3.8) is 0 Å². The van der Waals surface area contributed by atoms with Crippen LogP contribution in [0, 0.1) is 5.21 Å².